The average Bonchev–Trinajstić information content (AvgIpc) is 2.20. The molecule has 0 spiro atoms. The third-order valence-corrected chi connectivity index (χ3v) is 1.68. The number of nitrogens with zero attached hydrogens (tertiary/aromatic N) is 2. The summed E-state index contributed by atoms with van der Waals surface area (Å²) in [5, 5.41) is 11.3. The van der Waals surface area contributed by atoms with Crippen LogP contribution < -0.4 is 24.0 Å². The summed E-state index contributed by atoms with van der Waals surface area (Å²) < 4.78 is 0. The van der Waals surface area contributed by atoms with Gasteiger partial charge in [-0.15, -0.1) is 0 Å². The molecule has 0 aromatic carbocycles. The second kappa shape index (κ2) is 4.80. The minimum Gasteiger partial charge on any atom is -0.871 e. The van der Waals surface area contributed by atoms with Gasteiger partial charge in [0, 0.05) is 12.4 Å². The second-order valence-electron chi connectivity index (χ2n) is 2.57. The molecule has 3 nitrogen and oxygen atoms in total. The summed E-state index contributed by atoms with van der Waals surface area (Å²) in [6.45, 7) is 0. The minimum absolute atomic E-state index is 0. The van der Waals surface area contributed by atoms with Gasteiger partial charge in [0.1, 0.15) is 0 Å². The van der Waals surface area contributed by atoms with Crippen LogP contribution >= 0.6 is 0 Å². The van der Waals surface area contributed by atoms with E-state index in [0.29, 0.717) is 11.4 Å². The minimum atomic E-state index is -0.0961. The number of pyridine rings is 2. The zero-order chi connectivity index (χ0) is 9.10. The van der Waals surface area contributed by atoms with Gasteiger partial charge in [0.15, 0.2) is 0 Å². The molecule has 0 radical (unpaired) electrons. The molecule has 0 aliphatic rings. The normalized spacial score (nSPS) is 9.14. The average molecular weight is 178 g/mol. The Hall–Kier alpha value is -1.30. The SMILES string of the molecule is [Li+].[O-]c1cccnc1-c1ccccn1. The van der Waals surface area contributed by atoms with Crippen molar-refractivity contribution in [2.45, 2.75) is 0 Å². The van der Waals surface area contributed by atoms with Crippen LogP contribution in [0.3, 0.4) is 0 Å². The Morgan fingerprint density at radius 2 is 1.71 bits per heavy atom. The molecule has 2 rings (SSSR count). The molecule has 0 amide bonds. The van der Waals surface area contributed by atoms with E-state index in [1.165, 1.54) is 6.07 Å². The van der Waals surface area contributed by atoms with Crippen molar-refractivity contribution in [3.63, 3.8) is 0 Å². The molecule has 0 bridgehead atoms. The molecule has 0 saturated heterocycles. The van der Waals surface area contributed by atoms with Gasteiger partial charge in [0.2, 0.25) is 0 Å². The monoisotopic (exact) mass is 178 g/mol. The molecule has 0 aliphatic carbocycles. The van der Waals surface area contributed by atoms with Gasteiger partial charge >= 0.3 is 18.9 Å². The van der Waals surface area contributed by atoms with Crippen molar-refractivity contribution in [3.8, 4) is 17.1 Å². The van der Waals surface area contributed by atoms with Crippen molar-refractivity contribution in [2.24, 2.45) is 0 Å². The summed E-state index contributed by atoms with van der Waals surface area (Å²) in [7, 11) is 0. The standard InChI is InChI=1S/C10H8N2O.Li/c13-9-5-3-7-12-10(9)8-4-1-2-6-11-8;/h1-7,13H;/q;+1/p-1. The zero-order valence-electron chi connectivity index (χ0n) is 7.84. The van der Waals surface area contributed by atoms with E-state index in [-0.39, 0.29) is 24.6 Å². The van der Waals surface area contributed by atoms with E-state index in [0.717, 1.165) is 0 Å². The molecule has 0 N–H and O–H groups in total. The molecular weight excluding hydrogens is 171 g/mol. The van der Waals surface area contributed by atoms with Crippen LogP contribution in [-0.2, 0) is 0 Å². The van der Waals surface area contributed by atoms with E-state index in [4.69, 9.17) is 0 Å². The van der Waals surface area contributed by atoms with E-state index in [1.807, 2.05) is 6.07 Å². The summed E-state index contributed by atoms with van der Waals surface area (Å²) in [6.07, 6.45) is 3.23. The number of rotatable bonds is 1. The first-order valence-corrected chi connectivity index (χ1v) is 3.91. The van der Waals surface area contributed by atoms with Gasteiger partial charge in [-0.2, -0.15) is 0 Å². The van der Waals surface area contributed by atoms with Crippen LogP contribution in [0.1, 0.15) is 0 Å². The van der Waals surface area contributed by atoms with Crippen LogP contribution in [0.25, 0.3) is 11.4 Å². The molecule has 64 valence electrons. The number of hydrogen-bond acceptors (Lipinski definition) is 3. The van der Waals surface area contributed by atoms with Crippen LogP contribution in [0, 0.1) is 0 Å². The van der Waals surface area contributed by atoms with Crippen LogP contribution in [0.15, 0.2) is 42.7 Å². The van der Waals surface area contributed by atoms with Crippen LogP contribution in [0.2, 0.25) is 0 Å². The first-order chi connectivity index (χ1) is 6.38. The summed E-state index contributed by atoms with van der Waals surface area (Å²) in [5.74, 6) is -0.0961. The van der Waals surface area contributed by atoms with Crippen molar-refractivity contribution in [2.75, 3.05) is 0 Å². The Morgan fingerprint density at radius 1 is 0.929 bits per heavy atom. The molecular formula is C10H7LiN2O. The van der Waals surface area contributed by atoms with Crippen LogP contribution in [0.4, 0.5) is 0 Å². The molecule has 0 saturated carbocycles. The molecule has 14 heavy (non-hydrogen) atoms. The quantitative estimate of drug-likeness (QED) is 0.485. The molecule has 2 heterocycles. The van der Waals surface area contributed by atoms with Crippen molar-refractivity contribution in [1.82, 2.24) is 9.97 Å². The second-order valence-corrected chi connectivity index (χ2v) is 2.57. The molecule has 0 atom stereocenters. The van der Waals surface area contributed by atoms with Gasteiger partial charge in [-0.3, -0.25) is 9.97 Å². The summed E-state index contributed by atoms with van der Waals surface area (Å²) in [4.78, 5) is 8.02. The predicted molar refractivity (Wildman–Crippen MR) is 46.9 cm³/mol. The smallest absolute Gasteiger partial charge is 0.871 e. The van der Waals surface area contributed by atoms with Gasteiger partial charge in [-0.1, -0.05) is 17.9 Å². The summed E-state index contributed by atoms with van der Waals surface area (Å²) in [6, 6.07) is 8.50. The van der Waals surface area contributed by atoms with Gasteiger partial charge in [0.05, 0.1) is 11.4 Å². The van der Waals surface area contributed by atoms with Gasteiger partial charge in [0.25, 0.3) is 0 Å². The van der Waals surface area contributed by atoms with Gasteiger partial charge in [-0.25, -0.2) is 0 Å². The molecule has 4 heteroatoms. The maximum absolute atomic E-state index is 11.3. The molecule has 2 aromatic heterocycles. The molecule has 0 fully saturated rings. The first kappa shape index (κ1) is 10.8. The van der Waals surface area contributed by atoms with Gasteiger partial charge < -0.3 is 5.11 Å². The van der Waals surface area contributed by atoms with E-state index in [9.17, 15) is 5.11 Å². The zero-order valence-corrected chi connectivity index (χ0v) is 7.84. The maximum atomic E-state index is 11.3. The summed E-state index contributed by atoms with van der Waals surface area (Å²) >= 11 is 0. The van der Waals surface area contributed by atoms with Crippen LogP contribution in [-0.4, -0.2) is 9.97 Å². The van der Waals surface area contributed by atoms with Gasteiger partial charge in [-0.05, 0) is 18.2 Å². The first-order valence-electron chi connectivity index (χ1n) is 3.91. The fourth-order valence-electron chi connectivity index (χ4n) is 1.09. The largest absolute Gasteiger partial charge is 1.00 e. The van der Waals surface area contributed by atoms with Crippen molar-refractivity contribution in [3.05, 3.63) is 42.7 Å². The Labute approximate surface area is 94.0 Å². The topological polar surface area (TPSA) is 48.8 Å². The molecule has 0 aliphatic heterocycles. The fourth-order valence-corrected chi connectivity index (χ4v) is 1.09. The van der Waals surface area contributed by atoms with E-state index in [1.54, 1.807) is 30.6 Å². The summed E-state index contributed by atoms with van der Waals surface area (Å²) in [5.41, 5.74) is 1.02. The fraction of sp³-hybridized carbons (Fsp3) is 0. The Morgan fingerprint density at radius 3 is 2.36 bits per heavy atom. The maximum Gasteiger partial charge on any atom is 1.00 e. The van der Waals surface area contributed by atoms with E-state index < -0.39 is 0 Å². The van der Waals surface area contributed by atoms with Crippen LogP contribution in [0.5, 0.6) is 5.75 Å². The number of hydrogen-bond donors (Lipinski definition) is 0. The third kappa shape index (κ3) is 2.14. The Kier molecular flexibility index (Phi) is 3.70. The number of aromatic nitrogens is 2. The molecule has 0 unspecified atom stereocenters. The van der Waals surface area contributed by atoms with E-state index in [2.05, 4.69) is 9.97 Å². The Bertz CT molecular complexity index is 406. The van der Waals surface area contributed by atoms with Crippen molar-refractivity contribution in [1.29, 1.82) is 0 Å². The van der Waals surface area contributed by atoms with Crippen molar-refractivity contribution >= 4 is 0 Å². The Balaban J connectivity index is 0.000000980. The molecule has 2 aromatic rings. The predicted octanol–water partition coefficient (Wildman–Crippen LogP) is -1.78. The van der Waals surface area contributed by atoms with E-state index >= 15 is 0 Å². The third-order valence-electron chi connectivity index (χ3n) is 1.68. The van der Waals surface area contributed by atoms with Crippen molar-refractivity contribution < 1.29 is 24.0 Å².